The number of rotatable bonds is 5. The molecule has 0 bridgehead atoms. The summed E-state index contributed by atoms with van der Waals surface area (Å²) < 4.78 is 13.7. The topological polar surface area (TPSA) is 57.6 Å². The van der Waals surface area contributed by atoms with E-state index in [4.69, 9.17) is 5.11 Å². The van der Waals surface area contributed by atoms with Gasteiger partial charge in [0.1, 0.15) is 12.4 Å². The summed E-state index contributed by atoms with van der Waals surface area (Å²) in [6.45, 7) is 3.21. The van der Waals surface area contributed by atoms with Crippen molar-refractivity contribution in [2.24, 2.45) is 0 Å². The van der Waals surface area contributed by atoms with Crippen LogP contribution in [-0.2, 0) is 4.79 Å². The molecule has 6 heteroatoms. The van der Waals surface area contributed by atoms with Crippen molar-refractivity contribution in [2.45, 2.75) is 26.3 Å². The smallest absolute Gasteiger partial charge is 0.323 e. The van der Waals surface area contributed by atoms with Crippen molar-refractivity contribution in [1.29, 1.82) is 0 Å². The van der Waals surface area contributed by atoms with E-state index < -0.39 is 24.2 Å². The summed E-state index contributed by atoms with van der Waals surface area (Å²) in [5.41, 5.74) is 0.133. The zero-order chi connectivity index (χ0) is 14.6. The van der Waals surface area contributed by atoms with Gasteiger partial charge in [0.2, 0.25) is 0 Å². The second-order valence-corrected chi connectivity index (χ2v) is 5.16. The number of halogens is 2. The maximum atomic E-state index is 13.3. The number of amides is 1. The van der Waals surface area contributed by atoms with Crippen molar-refractivity contribution in [2.75, 3.05) is 6.54 Å². The van der Waals surface area contributed by atoms with Crippen LogP contribution < -0.4 is 0 Å². The normalized spacial score (nSPS) is 12.0. The third-order valence-electron chi connectivity index (χ3n) is 2.80. The number of carbonyl (C=O) groups excluding carboxylic acids is 1. The Labute approximate surface area is 119 Å². The number of carboxylic acids is 1. The summed E-state index contributed by atoms with van der Waals surface area (Å²) in [7, 11) is 0. The largest absolute Gasteiger partial charge is 0.480 e. The zero-order valence-corrected chi connectivity index (χ0v) is 12.3. The summed E-state index contributed by atoms with van der Waals surface area (Å²) in [4.78, 5) is 24.3. The Balaban J connectivity index is 3.07. The van der Waals surface area contributed by atoms with Crippen LogP contribution in [0.3, 0.4) is 0 Å². The van der Waals surface area contributed by atoms with Crippen LogP contribution in [0.2, 0.25) is 0 Å². The Kier molecular flexibility index (Phi) is 5.47. The molecule has 0 aliphatic heterocycles. The number of hydrogen-bond donors (Lipinski definition) is 1. The lowest BCUT2D eigenvalue weighted by Crippen LogP contribution is -2.41. The summed E-state index contributed by atoms with van der Waals surface area (Å²) >= 11 is 3.11. The van der Waals surface area contributed by atoms with E-state index in [0.717, 1.165) is 6.07 Å². The quantitative estimate of drug-likeness (QED) is 0.902. The number of aliphatic carboxylic acids is 1. The fraction of sp³-hybridized carbons (Fsp3) is 0.385. The predicted octanol–water partition coefficient (Wildman–Crippen LogP) is 2.91. The van der Waals surface area contributed by atoms with Gasteiger partial charge in [-0.05, 0) is 31.5 Å². The van der Waals surface area contributed by atoms with E-state index in [1.807, 2.05) is 6.92 Å². The number of carboxylic acid groups (broad SMARTS) is 1. The van der Waals surface area contributed by atoms with Crippen LogP contribution >= 0.6 is 15.9 Å². The number of nitrogens with zero attached hydrogens (tertiary/aromatic N) is 1. The maximum absolute atomic E-state index is 13.3. The van der Waals surface area contributed by atoms with Gasteiger partial charge in [0.15, 0.2) is 0 Å². The van der Waals surface area contributed by atoms with Gasteiger partial charge in [-0.15, -0.1) is 0 Å². The molecule has 1 N–H and O–H groups in total. The Bertz CT molecular complexity index is 473. The minimum atomic E-state index is -1.09. The predicted molar refractivity (Wildman–Crippen MR) is 72.5 cm³/mol. The lowest BCUT2D eigenvalue weighted by molar-refractivity contribution is -0.138. The average molecular weight is 332 g/mol. The highest BCUT2D eigenvalue weighted by Crippen LogP contribution is 2.18. The molecule has 1 amide bonds. The molecule has 0 saturated carbocycles. The molecule has 1 aromatic carbocycles. The third kappa shape index (κ3) is 4.31. The Morgan fingerprint density at radius 1 is 1.42 bits per heavy atom. The van der Waals surface area contributed by atoms with Crippen molar-refractivity contribution in [3.05, 3.63) is 34.1 Å². The Morgan fingerprint density at radius 2 is 2.05 bits per heavy atom. The number of hydrogen-bond acceptors (Lipinski definition) is 2. The molecular weight excluding hydrogens is 317 g/mol. The van der Waals surface area contributed by atoms with Gasteiger partial charge < -0.3 is 10.0 Å². The second-order valence-electron chi connectivity index (χ2n) is 4.24. The number of carbonyl (C=O) groups is 2. The summed E-state index contributed by atoms with van der Waals surface area (Å²) in [5, 5.41) is 8.86. The summed E-state index contributed by atoms with van der Waals surface area (Å²) in [6, 6.07) is 3.58. The molecule has 1 atom stereocenters. The van der Waals surface area contributed by atoms with Crippen molar-refractivity contribution in [3.63, 3.8) is 0 Å². The van der Waals surface area contributed by atoms with E-state index in [-0.39, 0.29) is 11.6 Å². The highest BCUT2D eigenvalue weighted by Gasteiger charge is 2.23. The van der Waals surface area contributed by atoms with Gasteiger partial charge in [0.05, 0.1) is 0 Å². The lowest BCUT2D eigenvalue weighted by atomic mass is 10.1. The average Bonchev–Trinajstić information content (AvgIpc) is 2.32. The molecule has 1 rings (SSSR count). The van der Waals surface area contributed by atoms with E-state index in [2.05, 4.69) is 15.9 Å². The molecule has 0 spiro atoms. The highest BCUT2D eigenvalue weighted by atomic mass is 79.9. The fourth-order valence-corrected chi connectivity index (χ4v) is 2.10. The van der Waals surface area contributed by atoms with Gasteiger partial charge >= 0.3 is 5.97 Å². The molecule has 1 aromatic rings. The van der Waals surface area contributed by atoms with Crippen molar-refractivity contribution in [3.8, 4) is 0 Å². The van der Waals surface area contributed by atoms with E-state index in [9.17, 15) is 14.0 Å². The van der Waals surface area contributed by atoms with Crippen LogP contribution in [0.15, 0.2) is 22.7 Å². The molecule has 0 fully saturated rings. The lowest BCUT2D eigenvalue weighted by Gasteiger charge is -2.27. The molecule has 1 unspecified atom stereocenters. The molecule has 0 aliphatic carbocycles. The van der Waals surface area contributed by atoms with Crippen LogP contribution in [0.4, 0.5) is 4.39 Å². The Morgan fingerprint density at radius 3 is 2.53 bits per heavy atom. The molecule has 104 valence electrons. The van der Waals surface area contributed by atoms with Gasteiger partial charge in [-0.3, -0.25) is 9.59 Å². The Hall–Kier alpha value is -1.43. The van der Waals surface area contributed by atoms with Crippen LogP contribution in [-0.4, -0.2) is 34.5 Å². The van der Waals surface area contributed by atoms with Crippen LogP contribution in [0.5, 0.6) is 0 Å². The van der Waals surface area contributed by atoms with E-state index in [1.165, 1.54) is 17.0 Å². The molecule has 0 aromatic heterocycles. The SMILES string of the molecule is CCC(C)N(CC(=O)O)C(=O)c1cc(F)cc(Br)c1. The van der Waals surface area contributed by atoms with E-state index in [0.29, 0.717) is 10.9 Å². The van der Waals surface area contributed by atoms with Crippen LogP contribution in [0.25, 0.3) is 0 Å². The monoisotopic (exact) mass is 331 g/mol. The van der Waals surface area contributed by atoms with Gasteiger partial charge in [0, 0.05) is 16.1 Å². The van der Waals surface area contributed by atoms with E-state index >= 15 is 0 Å². The first-order chi connectivity index (χ1) is 8.85. The summed E-state index contributed by atoms with van der Waals surface area (Å²) in [5.74, 6) is -2.13. The van der Waals surface area contributed by atoms with Gasteiger partial charge in [-0.2, -0.15) is 0 Å². The minimum Gasteiger partial charge on any atom is -0.480 e. The van der Waals surface area contributed by atoms with Gasteiger partial charge in [0.25, 0.3) is 5.91 Å². The van der Waals surface area contributed by atoms with Gasteiger partial charge in [-0.1, -0.05) is 22.9 Å². The molecule has 0 saturated heterocycles. The first kappa shape index (κ1) is 15.6. The first-order valence-corrected chi connectivity index (χ1v) is 6.63. The zero-order valence-electron chi connectivity index (χ0n) is 10.7. The van der Waals surface area contributed by atoms with E-state index in [1.54, 1.807) is 6.92 Å². The first-order valence-electron chi connectivity index (χ1n) is 5.84. The summed E-state index contributed by atoms with van der Waals surface area (Å²) in [6.07, 6.45) is 0.621. The molecule has 0 aliphatic rings. The molecule has 0 heterocycles. The maximum Gasteiger partial charge on any atom is 0.323 e. The molecule has 0 radical (unpaired) electrons. The minimum absolute atomic E-state index is 0.133. The standard InChI is InChI=1S/C13H15BrFNO3/c1-3-8(2)16(7-12(17)18)13(19)9-4-10(14)6-11(15)5-9/h4-6,8H,3,7H2,1-2H3,(H,17,18). The third-order valence-corrected chi connectivity index (χ3v) is 3.26. The molecule has 19 heavy (non-hydrogen) atoms. The molecular formula is C13H15BrFNO3. The second kappa shape index (κ2) is 6.65. The fourth-order valence-electron chi connectivity index (χ4n) is 1.64. The van der Waals surface area contributed by atoms with Crippen LogP contribution in [0.1, 0.15) is 30.6 Å². The number of benzene rings is 1. The highest BCUT2D eigenvalue weighted by molar-refractivity contribution is 9.10. The van der Waals surface area contributed by atoms with Crippen molar-refractivity contribution >= 4 is 27.8 Å². The van der Waals surface area contributed by atoms with Crippen LogP contribution in [0, 0.1) is 5.82 Å². The van der Waals surface area contributed by atoms with Crippen molar-refractivity contribution < 1.29 is 19.1 Å². The van der Waals surface area contributed by atoms with Gasteiger partial charge in [-0.25, -0.2) is 4.39 Å². The van der Waals surface area contributed by atoms with Crippen molar-refractivity contribution in [1.82, 2.24) is 4.90 Å². The molecule has 4 nitrogen and oxygen atoms in total.